The topological polar surface area (TPSA) is 121 Å². The summed E-state index contributed by atoms with van der Waals surface area (Å²) in [6.45, 7) is 13.0. The first-order valence-corrected chi connectivity index (χ1v) is 13.3. The van der Waals surface area contributed by atoms with Gasteiger partial charge in [0.25, 0.3) is 0 Å². The number of thiazole rings is 1. The minimum absolute atomic E-state index is 0.0163. The Morgan fingerprint density at radius 1 is 1.16 bits per heavy atom. The fourth-order valence-corrected chi connectivity index (χ4v) is 5.02. The molecule has 3 amide bonds. The molecule has 1 fully saturated rings. The van der Waals surface area contributed by atoms with Crippen LogP contribution in [-0.2, 0) is 20.9 Å². The zero-order valence-corrected chi connectivity index (χ0v) is 23.4. The third kappa shape index (κ3) is 7.52. The van der Waals surface area contributed by atoms with Crippen LogP contribution in [0.5, 0.6) is 0 Å². The fourth-order valence-electron chi connectivity index (χ4n) is 4.21. The summed E-state index contributed by atoms with van der Waals surface area (Å²) in [5, 5.41) is 15.9. The van der Waals surface area contributed by atoms with E-state index in [1.54, 1.807) is 32.1 Å². The molecule has 9 nitrogen and oxygen atoms in total. The van der Waals surface area contributed by atoms with Crippen molar-refractivity contribution in [3.8, 4) is 10.4 Å². The van der Waals surface area contributed by atoms with Crippen LogP contribution < -0.4 is 10.6 Å². The number of β-amino-alcohol motifs (C(OH)–C–C–N with tert-alkyl or cyclic N) is 1. The maximum atomic E-state index is 13.6. The third-order valence-electron chi connectivity index (χ3n) is 6.07. The van der Waals surface area contributed by atoms with Crippen molar-refractivity contribution in [3.63, 3.8) is 0 Å². The number of alkyl carbamates (subject to hydrolysis) is 1. The Morgan fingerprint density at radius 2 is 1.81 bits per heavy atom. The highest BCUT2D eigenvalue weighted by Gasteiger charge is 2.44. The number of aryl methyl sites for hydroxylation is 1. The molecule has 202 valence electrons. The molecule has 0 saturated carbocycles. The van der Waals surface area contributed by atoms with Crippen molar-refractivity contribution in [3.05, 3.63) is 41.0 Å². The SMILES string of the molecule is Cc1ncsc1-c1ccc(CNC(=O)[C@@H]2C[C@H](O)CN2C(=O)C(NC(=O)OC(C)(C)C)C(C)(C)C)cc1. The van der Waals surface area contributed by atoms with Gasteiger partial charge in [-0.05, 0) is 44.2 Å². The Balaban J connectivity index is 1.68. The average molecular weight is 531 g/mol. The lowest BCUT2D eigenvalue weighted by Gasteiger charge is -2.35. The molecule has 0 aliphatic carbocycles. The lowest BCUT2D eigenvalue weighted by Crippen LogP contribution is -2.58. The van der Waals surface area contributed by atoms with Crippen LogP contribution in [0.3, 0.4) is 0 Å². The monoisotopic (exact) mass is 530 g/mol. The first-order chi connectivity index (χ1) is 17.2. The van der Waals surface area contributed by atoms with Crippen molar-refractivity contribution in [1.82, 2.24) is 20.5 Å². The molecule has 0 spiro atoms. The van der Waals surface area contributed by atoms with E-state index in [0.29, 0.717) is 0 Å². The number of aliphatic hydroxyl groups excluding tert-OH is 1. The van der Waals surface area contributed by atoms with Crippen LogP contribution in [0.4, 0.5) is 4.79 Å². The van der Waals surface area contributed by atoms with E-state index < -0.39 is 41.2 Å². The summed E-state index contributed by atoms with van der Waals surface area (Å²) in [6, 6.07) is 6.10. The number of hydrogen-bond acceptors (Lipinski definition) is 7. The summed E-state index contributed by atoms with van der Waals surface area (Å²) in [4.78, 5) is 45.9. The van der Waals surface area contributed by atoms with Crippen molar-refractivity contribution in [2.24, 2.45) is 5.41 Å². The molecule has 3 rings (SSSR count). The van der Waals surface area contributed by atoms with E-state index in [0.717, 1.165) is 21.7 Å². The van der Waals surface area contributed by atoms with Gasteiger partial charge in [-0.2, -0.15) is 0 Å². The van der Waals surface area contributed by atoms with Gasteiger partial charge in [0.1, 0.15) is 17.7 Å². The number of carbonyl (C=O) groups is 3. The number of rotatable bonds is 6. The fraction of sp³-hybridized carbons (Fsp3) is 0.556. The summed E-state index contributed by atoms with van der Waals surface area (Å²) in [7, 11) is 0. The number of hydrogen-bond donors (Lipinski definition) is 3. The average Bonchev–Trinajstić information content (AvgIpc) is 3.39. The molecular weight excluding hydrogens is 492 g/mol. The quantitative estimate of drug-likeness (QED) is 0.525. The van der Waals surface area contributed by atoms with Crippen LogP contribution in [0.25, 0.3) is 10.4 Å². The van der Waals surface area contributed by atoms with Gasteiger partial charge in [-0.3, -0.25) is 9.59 Å². The molecule has 1 saturated heterocycles. The number of benzene rings is 1. The molecule has 1 unspecified atom stereocenters. The number of amides is 3. The Labute approximate surface area is 222 Å². The van der Waals surface area contributed by atoms with Crippen LogP contribution in [0.2, 0.25) is 0 Å². The van der Waals surface area contributed by atoms with Crippen molar-refractivity contribution < 1.29 is 24.2 Å². The highest BCUT2D eigenvalue weighted by atomic mass is 32.1. The first kappa shape index (κ1) is 28.6. The summed E-state index contributed by atoms with van der Waals surface area (Å²) >= 11 is 1.58. The van der Waals surface area contributed by atoms with Gasteiger partial charge in [-0.25, -0.2) is 9.78 Å². The van der Waals surface area contributed by atoms with Crippen molar-refractivity contribution in [1.29, 1.82) is 0 Å². The molecular formula is C27H38N4O5S. The maximum Gasteiger partial charge on any atom is 0.408 e. The molecule has 2 heterocycles. The highest BCUT2D eigenvalue weighted by Crippen LogP contribution is 2.28. The van der Waals surface area contributed by atoms with Crippen molar-refractivity contribution in [2.75, 3.05) is 6.54 Å². The third-order valence-corrected chi connectivity index (χ3v) is 7.04. The minimum atomic E-state index is -0.939. The van der Waals surface area contributed by atoms with E-state index in [1.807, 2.05) is 57.5 Å². The standard InChI is InChI=1S/C27H38N4O5S/c1-16-21(37-15-29-16)18-10-8-17(9-11-18)13-28-23(33)20-12-19(32)14-31(20)24(34)22(26(2,3)4)30-25(35)36-27(5,6)7/h8-11,15,19-20,22,32H,12-14H2,1-7H3,(H,28,33)(H,30,35)/t19-,20-,22?/m0/s1. The predicted octanol–water partition coefficient (Wildman–Crippen LogP) is 3.64. The van der Waals surface area contributed by atoms with Crippen LogP contribution in [0, 0.1) is 12.3 Å². The second kappa shape index (κ2) is 11.2. The smallest absolute Gasteiger partial charge is 0.408 e. The lowest BCUT2D eigenvalue weighted by molar-refractivity contribution is -0.142. The van der Waals surface area contributed by atoms with Gasteiger partial charge in [0.05, 0.1) is 22.2 Å². The number of aromatic nitrogens is 1. The van der Waals surface area contributed by atoms with Gasteiger partial charge >= 0.3 is 6.09 Å². The Bertz CT molecular complexity index is 1120. The second-order valence-electron chi connectivity index (χ2n) is 11.5. The van der Waals surface area contributed by atoms with E-state index in [9.17, 15) is 19.5 Å². The number of carbonyl (C=O) groups excluding carboxylic acids is 3. The highest BCUT2D eigenvalue weighted by molar-refractivity contribution is 7.13. The van der Waals surface area contributed by atoms with Gasteiger partial charge in [-0.1, -0.05) is 45.0 Å². The first-order valence-electron chi connectivity index (χ1n) is 12.4. The zero-order valence-electron chi connectivity index (χ0n) is 22.6. The van der Waals surface area contributed by atoms with E-state index in [1.165, 1.54) is 4.90 Å². The van der Waals surface area contributed by atoms with Crippen LogP contribution in [0.1, 0.15) is 59.2 Å². The van der Waals surface area contributed by atoms with Gasteiger partial charge < -0.3 is 25.4 Å². The molecule has 1 aliphatic heterocycles. The van der Waals surface area contributed by atoms with Crippen LogP contribution in [0.15, 0.2) is 29.8 Å². The van der Waals surface area contributed by atoms with Crippen LogP contribution >= 0.6 is 11.3 Å². The number of likely N-dealkylation sites (tertiary alicyclic amines) is 1. The second-order valence-corrected chi connectivity index (χ2v) is 12.4. The minimum Gasteiger partial charge on any atom is -0.444 e. The van der Waals surface area contributed by atoms with E-state index in [-0.39, 0.29) is 25.4 Å². The maximum absolute atomic E-state index is 13.6. The van der Waals surface area contributed by atoms with Crippen molar-refractivity contribution >= 4 is 29.2 Å². The molecule has 10 heteroatoms. The van der Waals surface area contributed by atoms with Gasteiger partial charge in [0.2, 0.25) is 11.8 Å². The number of ether oxygens (including phenoxy) is 1. The van der Waals surface area contributed by atoms with Gasteiger partial charge in [-0.15, -0.1) is 11.3 Å². The summed E-state index contributed by atoms with van der Waals surface area (Å²) < 4.78 is 5.35. The normalized spacial score (nSPS) is 18.9. The van der Waals surface area contributed by atoms with E-state index in [2.05, 4.69) is 15.6 Å². The lowest BCUT2D eigenvalue weighted by atomic mass is 9.85. The summed E-state index contributed by atoms with van der Waals surface area (Å²) in [5.74, 6) is -0.781. The largest absolute Gasteiger partial charge is 0.444 e. The molecule has 2 aromatic rings. The van der Waals surface area contributed by atoms with E-state index in [4.69, 9.17) is 4.74 Å². The molecule has 3 N–H and O–H groups in total. The Morgan fingerprint density at radius 3 is 2.35 bits per heavy atom. The van der Waals surface area contributed by atoms with Gasteiger partial charge in [0.15, 0.2) is 0 Å². The molecule has 1 aromatic carbocycles. The number of nitrogens with one attached hydrogen (secondary N) is 2. The summed E-state index contributed by atoms with van der Waals surface area (Å²) in [6.07, 6.45) is -1.41. The van der Waals surface area contributed by atoms with Crippen LogP contribution in [-0.4, -0.2) is 63.2 Å². The van der Waals surface area contributed by atoms with Gasteiger partial charge in [0, 0.05) is 19.5 Å². The molecule has 3 atom stereocenters. The molecule has 1 aliphatic rings. The van der Waals surface area contributed by atoms with Crippen molar-refractivity contribution in [2.45, 2.75) is 85.2 Å². The molecule has 0 bridgehead atoms. The summed E-state index contributed by atoms with van der Waals surface area (Å²) in [5.41, 5.74) is 3.40. The molecule has 37 heavy (non-hydrogen) atoms. The predicted molar refractivity (Wildman–Crippen MR) is 143 cm³/mol. The van der Waals surface area contributed by atoms with E-state index >= 15 is 0 Å². The number of aliphatic hydroxyl groups is 1. The Hall–Kier alpha value is -2.98. The zero-order chi connectivity index (χ0) is 27.5. The Kier molecular flexibility index (Phi) is 8.64. The molecule has 0 radical (unpaired) electrons. The molecule has 1 aromatic heterocycles. The number of nitrogens with zero attached hydrogens (tertiary/aromatic N) is 2.